The van der Waals surface area contributed by atoms with Crippen molar-refractivity contribution in [1.29, 1.82) is 0 Å². The van der Waals surface area contributed by atoms with E-state index in [1.165, 1.54) is 6.08 Å². The van der Waals surface area contributed by atoms with Gasteiger partial charge in [0.15, 0.2) is 0 Å². The summed E-state index contributed by atoms with van der Waals surface area (Å²) < 4.78 is 0. The number of aliphatic imine (C=N–C) groups is 1. The maximum atomic E-state index is 10.3. The van der Waals surface area contributed by atoms with E-state index in [0.29, 0.717) is 0 Å². The summed E-state index contributed by atoms with van der Waals surface area (Å²) in [6.45, 7) is 5.50. The molecule has 0 saturated carbocycles. The van der Waals surface area contributed by atoms with Crippen LogP contribution in [0.15, 0.2) is 4.99 Å². The molecule has 0 amide bonds. The summed E-state index contributed by atoms with van der Waals surface area (Å²) in [7, 11) is 0. The molecule has 0 bridgehead atoms. The lowest BCUT2D eigenvalue weighted by Gasteiger charge is -2.24. The molecule has 0 aliphatic rings. The summed E-state index contributed by atoms with van der Waals surface area (Å²) in [5.74, 6) is -0.950. The Morgan fingerprint density at radius 1 is 1.58 bits per heavy atom. The zero-order chi connectivity index (χ0) is 9.78. The number of carbonyl (C=O) groups excluding carboxylic acids is 1. The number of carboxylic acids is 1. The summed E-state index contributed by atoms with van der Waals surface area (Å²) in [5.41, 5.74) is -0.310. The van der Waals surface area contributed by atoms with Crippen molar-refractivity contribution in [3.63, 3.8) is 0 Å². The third-order valence-corrected chi connectivity index (χ3v) is 1.58. The highest BCUT2D eigenvalue weighted by Gasteiger charge is 2.26. The predicted octanol–water partition coefficient (Wildman–Crippen LogP) is 1.21. The lowest BCUT2D eigenvalue weighted by Crippen LogP contribution is -2.27. The second kappa shape index (κ2) is 4.02. The predicted molar refractivity (Wildman–Crippen MR) is 43.6 cm³/mol. The van der Waals surface area contributed by atoms with E-state index in [1.807, 2.05) is 20.8 Å². The molecule has 0 heterocycles. The summed E-state index contributed by atoms with van der Waals surface area (Å²) in [6, 6.07) is -0.493. The minimum absolute atomic E-state index is 0.126. The summed E-state index contributed by atoms with van der Waals surface area (Å²) >= 11 is 0. The van der Waals surface area contributed by atoms with E-state index in [9.17, 15) is 9.59 Å². The lowest BCUT2D eigenvalue weighted by molar-refractivity contribution is -0.137. The molecule has 1 unspecified atom stereocenters. The van der Waals surface area contributed by atoms with Crippen LogP contribution in [0, 0.1) is 5.41 Å². The van der Waals surface area contributed by atoms with Crippen molar-refractivity contribution in [3.8, 4) is 0 Å². The van der Waals surface area contributed by atoms with Gasteiger partial charge >= 0.3 is 5.97 Å². The minimum Gasteiger partial charge on any atom is -0.481 e. The van der Waals surface area contributed by atoms with Gasteiger partial charge in [-0.1, -0.05) is 20.8 Å². The second-order valence-electron chi connectivity index (χ2n) is 3.70. The van der Waals surface area contributed by atoms with E-state index < -0.39 is 12.0 Å². The van der Waals surface area contributed by atoms with E-state index in [-0.39, 0.29) is 11.8 Å². The Balaban J connectivity index is 4.44. The molecule has 0 aromatic carbocycles. The first kappa shape index (κ1) is 10.8. The fourth-order valence-electron chi connectivity index (χ4n) is 0.775. The fraction of sp³-hybridized carbons (Fsp3) is 0.750. The maximum Gasteiger partial charge on any atom is 0.305 e. The summed E-state index contributed by atoms with van der Waals surface area (Å²) in [4.78, 5) is 23.7. The third kappa shape index (κ3) is 3.88. The Morgan fingerprint density at radius 3 is 2.33 bits per heavy atom. The van der Waals surface area contributed by atoms with Crippen molar-refractivity contribution < 1.29 is 14.7 Å². The van der Waals surface area contributed by atoms with Crippen LogP contribution >= 0.6 is 0 Å². The van der Waals surface area contributed by atoms with Gasteiger partial charge < -0.3 is 5.11 Å². The van der Waals surface area contributed by atoms with E-state index in [1.54, 1.807) is 0 Å². The molecule has 0 aromatic heterocycles. The smallest absolute Gasteiger partial charge is 0.305 e. The standard InChI is InChI=1S/C8H13NO3/c1-8(2,3)6(9-5-10)4-7(11)12/h6H,4H2,1-3H3,(H,11,12). The molecule has 0 fully saturated rings. The molecule has 4 nitrogen and oxygen atoms in total. The number of carbonyl (C=O) groups is 1. The SMILES string of the molecule is CC(C)(C)C(CC(=O)O)N=C=O. The van der Waals surface area contributed by atoms with Crippen molar-refractivity contribution in [2.24, 2.45) is 10.4 Å². The van der Waals surface area contributed by atoms with Crippen molar-refractivity contribution in [3.05, 3.63) is 0 Å². The van der Waals surface area contributed by atoms with Crippen molar-refractivity contribution in [2.75, 3.05) is 0 Å². The van der Waals surface area contributed by atoms with Gasteiger partial charge in [-0.05, 0) is 5.41 Å². The van der Waals surface area contributed by atoms with Crippen LogP contribution in [0.4, 0.5) is 0 Å². The molecule has 0 radical (unpaired) electrons. The first-order valence-electron chi connectivity index (χ1n) is 3.66. The van der Waals surface area contributed by atoms with Gasteiger partial charge in [0.05, 0.1) is 12.5 Å². The van der Waals surface area contributed by atoms with E-state index in [4.69, 9.17) is 5.11 Å². The molecule has 0 aliphatic carbocycles. The van der Waals surface area contributed by atoms with Gasteiger partial charge in [0.1, 0.15) is 0 Å². The molecule has 1 N–H and O–H groups in total. The molecule has 0 saturated heterocycles. The highest BCUT2D eigenvalue weighted by atomic mass is 16.4. The molecule has 0 aliphatic heterocycles. The van der Waals surface area contributed by atoms with Crippen LogP contribution in [0.25, 0.3) is 0 Å². The van der Waals surface area contributed by atoms with E-state index in [0.717, 1.165) is 0 Å². The number of carboxylic acid groups (broad SMARTS) is 1. The molecule has 0 aromatic rings. The first-order chi connectivity index (χ1) is 5.38. The molecule has 12 heavy (non-hydrogen) atoms. The molecule has 68 valence electrons. The molecular weight excluding hydrogens is 158 g/mol. The Hall–Kier alpha value is -1.15. The Labute approximate surface area is 71.3 Å². The Kier molecular flexibility index (Phi) is 3.64. The van der Waals surface area contributed by atoms with Gasteiger partial charge in [-0.15, -0.1) is 0 Å². The zero-order valence-corrected chi connectivity index (χ0v) is 7.50. The monoisotopic (exact) mass is 171 g/mol. The molecular formula is C8H13NO3. The van der Waals surface area contributed by atoms with E-state index in [2.05, 4.69) is 4.99 Å². The van der Waals surface area contributed by atoms with Gasteiger partial charge in [-0.3, -0.25) is 4.79 Å². The van der Waals surface area contributed by atoms with Crippen LogP contribution in [0.3, 0.4) is 0 Å². The van der Waals surface area contributed by atoms with Crippen LogP contribution < -0.4 is 0 Å². The van der Waals surface area contributed by atoms with Crippen LogP contribution in [0.5, 0.6) is 0 Å². The third-order valence-electron chi connectivity index (χ3n) is 1.58. The molecule has 4 heteroatoms. The maximum absolute atomic E-state index is 10.3. The van der Waals surface area contributed by atoms with Gasteiger partial charge in [0.25, 0.3) is 0 Å². The molecule has 1 atom stereocenters. The number of aliphatic carboxylic acids is 1. The van der Waals surface area contributed by atoms with Crippen molar-refractivity contribution in [2.45, 2.75) is 33.2 Å². The first-order valence-corrected chi connectivity index (χ1v) is 3.66. The highest BCUT2D eigenvalue weighted by molar-refractivity contribution is 5.67. The van der Waals surface area contributed by atoms with Crippen LogP contribution in [-0.4, -0.2) is 23.2 Å². The van der Waals surface area contributed by atoms with E-state index >= 15 is 0 Å². The number of rotatable bonds is 3. The summed E-state index contributed by atoms with van der Waals surface area (Å²) in [5, 5.41) is 8.48. The average Bonchev–Trinajstić information content (AvgIpc) is 1.83. The number of hydrogen-bond acceptors (Lipinski definition) is 3. The van der Waals surface area contributed by atoms with Gasteiger partial charge in [-0.25, -0.2) is 9.79 Å². The number of nitrogens with zero attached hydrogens (tertiary/aromatic N) is 1. The van der Waals surface area contributed by atoms with Gasteiger partial charge in [-0.2, -0.15) is 0 Å². The Morgan fingerprint density at radius 2 is 2.08 bits per heavy atom. The topological polar surface area (TPSA) is 66.7 Å². The normalized spacial score (nSPS) is 13.2. The lowest BCUT2D eigenvalue weighted by atomic mass is 9.85. The van der Waals surface area contributed by atoms with Crippen molar-refractivity contribution >= 4 is 12.0 Å². The quantitative estimate of drug-likeness (QED) is 0.512. The number of isocyanates is 1. The summed E-state index contributed by atoms with van der Waals surface area (Å²) in [6.07, 6.45) is 1.27. The van der Waals surface area contributed by atoms with Crippen LogP contribution in [-0.2, 0) is 9.59 Å². The largest absolute Gasteiger partial charge is 0.481 e. The molecule has 0 rings (SSSR count). The fourth-order valence-corrected chi connectivity index (χ4v) is 0.775. The number of hydrogen-bond donors (Lipinski definition) is 1. The minimum atomic E-state index is -0.950. The average molecular weight is 171 g/mol. The van der Waals surface area contributed by atoms with Crippen LogP contribution in [0.2, 0.25) is 0 Å². The highest BCUT2D eigenvalue weighted by Crippen LogP contribution is 2.24. The van der Waals surface area contributed by atoms with Gasteiger partial charge in [0.2, 0.25) is 6.08 Å². The second-order valence-corrected chi connectivity index (χ2v) is 3.70. The van der Waals surface area contributed by atoms with Gasteiger partial charge in [0, 0.05) is 0 Å². The van der Waals surface area contributed by atoms with Crippen LogP contribution in [0.1, 0.15) is 27.2 Å². The zero-order valence-electron chi connectivity index (χ0n) is 7.50. The molecule has 0 spiro atoms. The Bertz CT molecular complexity index is 211. The van der Waals surface area contributed by atoms with Crippen molar-refractivity contribution in [1.82, 2.24) is 0 Å².